The van der Waals surface area contributed by atoms with Crippen LogP contribution in [-0.2, 0) is 6.42 Å². The van der Waals surface area contributed by atoms with Crippen LogP contribution in [0.3, 0.4) is 0 Å². The van der Waals surface area contributed by atoms with Gasteiger partial charge < -0.3 is 5.32 Å². The number of nitrogens with one attached hydrogen (secondary N) is 1. The summed E-state index contributed by atoms with van der Waals surface area (Å²) < 4.78 is 0. The fraction of sp³-hybridized carbons (Fsp3) is 0.368. The molecule has 0 saturated heterocycles. The SMILES string of the molecule is CC/C=C\c1cccc(CC(CCNC)c2ccsc2)c1. The van der Waals surface area contributed by atoms with Crippen LogP contribution in [0.5, 0.6) is 0 Å². The Hall–Kier alpha value is -1.38. The van der Waals surface area contributed by atoms with Gasteiger partial charge in [-0.05, 0) is 72.3 Å². The summed E-state index contributed by atoms with van der Waals surface area (Å²) in [5, 5.41) is 7.75. The molecule has 1 N–H and O–H groups in total. The van der Waals surface area contributed by atoms with Gasteiger partial charge in [-0.3, -0.25) is 0 Å². The Labute approximate surface area is 132 Å². The molecule has 1 nitrogen and oxygen atoms in total. The summed E-state index contributed by atoms with van der Waals surface area (Å²) in [5.74, 6) is 0.606. The predicted molar refractivity (Wildman–Crippen MR) is 95.1 cm³/mol. The number of thiophene rings is 1. The number of benzene rings is 1. The van der Waals surface area contributed by atoms with Gasteiger partial charge >= 0.3 is 0 Å². The van der Waals surface area contributed by atoms with E-state index in [4.69, 9.17) is 0 Å². The van der Waals surface area contributed by atoms with Crippen LogP contribution >= 0.6 is 11.3 Å². The minimum absolute atomic E-state index is 0.606. The molecule has 0 saturated carbocycles. The van der Waals surface area contributed by atoms with Crippen molar-refractivity contribution in [3.8, 4) is 0 Å². The first-order chi connectivity index (χ1) is 10.3. The molecule has 1 aromatic carbocycles. The monoisotopic (exact) mass is 299 g/mol. The molecule has 2 rings (SSSR count). The first kappa shape index (κ1) is 16.0. The molecule has 1 aromatic heterocycles. The lowest BCUT2D eigenvalue weighted by atomic mass is 9.90. The van der Waals surface area contributed by atoms with E-state index in [0.717, 1.165) is 19.4 Å². The number of rotatable bonds is 8. The Balaban J connectivity index is 2.10. The van der Waals surface area contributed by atoms with Crippen LogP contribution in [0.4, 0.5) is 0 Å². The van der Waals surface area contributed by atoms with Crippen LogP contribution in [0.2, 0.25) is 0 Å². The third-order valence-electron chi connectivity index (χ3n) is 3.74. The molecular weight excluding hydrogens is 274 g/mol. The van der Waals surface area contributed by atoms with Gasteiger partial charge in [-0.25, -0.2) is 0 Å². The Morgan fingerprint density at radius 2 is 2.19 bits per heavy atom. The molecule has 21 heavy (non-hydrogen) atoms. The zero-order valence-corrected chi connectivity index (χ0v) is 13.8. The number of hydrogen-bond donors (Lipinski definition) is 1. The van der Waals surface area contributed by atoms with Crippen LogP contribution in [0, 0.1) is 0 Å². The van der Waals surface area contributed by atoms with E-state index in [1.165, 1.54) is 23.1 Å². The number of hydrogen-bond acceptors (Lipinski definition) is 2. The van der Waals surface area contributed by atoms with Crippen molar-refractivity contribution in [3.05, 3.63) is 63.9 Å². The Morgan fingerprint density at radius 1 is 1.29 bits per heavy atom. The van der Waals surface area contributed by atoms with Crippen molar-refractivity contribution in [1.29, 1.82) is 0 Å². The van der Waals surface area contributed by atoms with Gasteiger partial charge in [-0.1, -0.05) is 43.3 Å². The van der Waals surface area contributed by atoms with Gasteiger partial charge in [0.25, 0.3) is 0 Å². The maximum atomic E-state index is 3.28. The van der Waals surface area contributed by atoms with Crippen molar-refractivity contribution in [2.24, 2.45) is 0 Å². The topological polar surface area (TPSA) is 12.0 Å². The molecule has 0 bridgehead atoms. The van der Waals surface area contributed by atoms with Crippen LogP contribution in [-0.4, -0.2) is 13.6 Å². The van der Waals surface area contributed by atoms with Crippen molar-refractivity contribution >= 4 is 17.4 Å². The van der Waals surface area contributed by atoms with Crippen LogP contribution in [0.25, 0.3) is 6.08 Å². The van der Waals surface area contributed by atoms with E-state index in [1.54, 1.807) is 11.3 Å². The van der Waals surface area contributed by atoms with E-state index in [2.05, 4.69) is 65.5 Å². The van der Waals surface area contributed by atoms with Gasteiger partial charge in [-0.2, -0.15) is 11.3 Å². The first-order valence-electron chi connectivity index (χ1n) is 7.75. The zero-order chi connectivity index (χ0) is 14.9. The van der Waals surface area contributed by atoms with Crippen LogP contribution in [0.15, 0.2) is 47.2 Å². The Morgan fingerprint density at radius 3 is 2.90 bits per heavy atom. The van der Waals surface area contributed by atoms with Crippen molar-refractivity contribution in [1.82, 2.24) is 5.32 Å². The third kappa shape index (κ3) is 5.14. The van der Waals surface area contributed by atoms with E-state index < -0.39 is 0 Å². The van der Waals surface area contributed by atoms with Crippen LogP contribution in [0.1, 0.15) is 42.4 Å². The molecule has 0 aliphatic rings. The fourth-order valence-corrected chi connectivity index (χ4v) is 3.32. The maximum Gasteiger partial charge on any atom is -0.00460 e. The quantitative estimate of drug-likeness (QED) is 0.714. The molecule has 0 aliphatic carbocycles. The molecule has 112 valence electrons. The lowest BCUT2D eigenvalue weighted by Crippen LogP contribution is -2.13. The molecule has 0 aliphatic heterocycles. The highest BCUT2D eigenvalue weighted by Gasteiger charge is 2.12. The second-order valence-electron chi connectivity index (χ2n) is 5.41. The molecular formula is C19H25NS. The fourth-order valence-electron chi connectivity index (χ4n) is 2.57. The minimum Gasteiger partial charge on any atom is -0.320 e. The van der Waals surface area contributed by atoms with Crippen LogP contribution < -0.4 is 5.32 Å². The van der Waals surface area contributed by atoms with Crippen molar-refractivity contribution in [3.63, 3.8) is 0 Å². The third-order valence-corrected chi connectivity index (χ3v) is 4.44. The van der Waals surface area contributed by atoms with Gasteiger partial charge in [0.1, 0.15) is 0 Å². The first-order valence-corrected chi connectivity index (χ1v) is 8.70. The summed E-state index contributed by atoms with van der Waals surface area (Å²) in [4.78, 5) is 0. The number of allylic oxidation sites excluding steroid dienone is 1. The highest BCUT2D eigenvalue weighted by Crippen LogP contribution is 2.26. The molecule has 0 radical (unpaired) electrons. The largest absolute Gasteiger partial charge is 0.320 e. The van der Waals surface area contributed by atoms with E-state index in [-0.39, 0.29) is 0 Å². The van der Waals surface area contributed by atoms with Crippen molar-refractivity contribution in [2.45, 2.75) is 32.1 Å². The summed E-state index contributed by atoms with van der Waals surface area (Å²) in [5.41, 5.74) is 4.22. The summed E-state index contributed by atoms with van der Waals surface area (Å²) in [7, 11) is 2.03. The van der Waals surface area contributed by atoms with E-state index in [1.807, 2.05) is 7.05 Å². The average Bonchev–Trinajstić information content (AvgIpc) is 3.04. The minimum atomic E-state index is 0.606. The highest BCUT2D eigenvalue weighted by atomic mass is 32.1. The van der Waals surface area contributed by atoms with Crippen molar-refractivity contribution in [2.75, 3.05) is 13.6 Å². The van der Waals surface area contributed by atoms with Gasteiger partial charge in [0.05, 0.1) is 0 Å². The lowest BCUT2D eigenvalue weighted by Gasteiger charge is -2.16. The Kier molecular flexibility index (Phi) is 6.71. The summed E-state index contributed by atoms with van der Waals surface area (Å²) in [6, 6.07) is 11.2. The molecule has 1 atom stereocenters. The van der Waals surface area contributed by atoms with E-state index in [0.29, 0.717) is 5.92 Å². The van der Waals surface area contributed by atoms with Crippen molar-refractivity contribution < 1.29 is 0 Å². The summed E-state index contributed by atoms with van der Waals surface area (Å²) in [6.45, 7) is 3.24. The lowest BCUT2D eigenvalue weighted by molar-refractivity contribution is 0.594. The molecule has 0 amide bonds. The molecule has 0 spiro atoms. The standard InChI is InChI=1S/C19H25NS/c1-3-4-6-16-7-5-8-17(13-16)14-18(9-11-20-2)19-10-12-21-15-19/h4-8,10,12-13,15,18,20H,3,9,11,14H2,1-2H3/b6-4-. The van der Waals surface area contributed by atoms with Gasteiger partial charge in [-0.15, -0.1) is 0 Å². The maximum absolute atomic E-state index is 3.28. The predicted octanol–water partition coefficient (Wildman–Crippen LogP) is 5.11. The second-order valence-corrected chi connectivity index (χ2v) is 6.19. The van der Waals surface area contributed by atoms with E-state index >= 15 is 0 Å². The zero-order valence-electron chi connectivity index (χ0n) is 13.0. The van der Waals surface area contributed by atoms with Gasteiger partial charge in [0.15, 0.2) is 0 Å². The molecule has 2 aromatic rings. The second kappa shape index (κ2) is 8.81. The van der Waals surface area contributed by atoms with E-state index in [9.17, 15) is 0 Å². The van der Waals surface area contributed by atoms with Gasteiger partial charge in [0.2, 0.25) is 0 Å². The van der Waals surface area contributed by atoms with Gasteiger partial charge in [0, 0.05) is 0 Å². The molecule has 2 heteroatoms. The Bertz CT molecular complexity index is 542. The average molecular weight is 299 g/mol. The smallest absolute Gasteiger partial charge is 0.00460 e. The summed E-state index contributed by atoms with van der Waals surface area (Å²) in [6.07, 6.45) is 7.82. The normalized spacial score (nSPS) is 12.9. The highest BCUT2D eigenvalue weighted by molar-refractivity contribution is 7.07. The molecule has 1 unspecified atom stereocenters. The molecule has 0 fully saturated rings. The molecule has 1 heterocycles. The summed E-state index contributed by atoms with van der Waals surface area (Å²) >= 11 is 1.79.